The van der Waals surface area contributed by atoms with Gasteiger partial charge in [0.2, 0.25) is 11.8 Å². The lowest BCUT2D eigenvalue weighted by Gasteiger charge is -2.17. The molecule has 170 valence electrons. The van der Waals surface area contributed by atoms with Crippen LogP contribution in [-0.2, 0) is 34.1 Å². The zero-order valence-corrected chi connectivity index (χ0v) is 18.0. The van der Waals surface area contributed by atoms with Gasteiger partial charge in [-0.15, -0.1) is 0 Å². The number of nitrogens with one attached hydrogen (secondary N) is 1. The molecule has 0 radical (unpaired) electrons. The highest BCUT2D eigenvalue weighted by atomic mass is 19.1. The van der Waals surface area contributed by atoms with E-state index in [1.54, 1.807) is 0 Å². The summed E-state index contributed by atoms with van der Waals surface area (Å²) in [6.07, 6.45) is -0.0233. The maximum Gasteiger partial charge on any atom is 0.227 e. The molecule has 0 spiro atoms. The van der Waals surface area contributed by atoms with Crippen molar-refractivity contribution >= 4 is 17.5 Å². The van der Waals surface area contributed by atoms with Crippen LogP contribution in [0.1, 0.15) is 23.1 Å². The molecule has 0 saturated carbocycles. The summed E-state index contributed by atoms with van der Waals surface area (Å²) in [5.41, 5.74) is 2.95. The number of ether oxygens (including phenoxy) is 1. The molecule has 3 aromatic rings. The molecule has 1 heterocycles. The van der Waals surface area contributed by atoms with Crippen LogP contribution in [-0.4, -0.2) is 18.4 Å². The van der Waals surface area contributed by atoms with Gasteiger partial charge in [0.25, 0.3) is 0 Å². The summed E-state index contributed by atoms with van der Waals surface area (Å²) >= 11 is 0. The summed E-state index contributed by atoms with van der Waals surface area (Å²) in [6, 6.07) is 20.6. The largest absolute Gasteiger partial charge is 0.372 e. The van der Waals surface area contributed by atoms with E-state index in [9.17, 15) is 18.4 Å². The topological polar surface area (TPSA) is 58.6 Å². The van der Waals surface area contributed by atoms with Gasteiger partial charge in [0.05, 0.1) is 24.8 Å². The lowest BCUT2D eigenvalue weighted by molar-refractivity contribution is -0.126. The smallest absolute Gasteiger partial charge is 0.227 e. The van der Waals surface area contributed by atoms with Gasteiger partial charge in [0.1, 0.15) is 11.6 Å². The number of hydrogen-bond donors (Lipinski definition) is 1. The summed E-state index contributed by atoms with van der Waals surface area (Å²) in [5.74, 6) is -2.80. The van der Waals surface area contributed by atoms with Crippen molar-refractivity contribution < 1.29 is 23.1 Å². The molecule has 0 aliphatic carbocycles. The molecule has 1 aliphatic heterocycles. The molecule has 3 aromatic carbocycles. The van der Waals surface area contributed by atoms with E-state index in [0.717, 1.165) is 28.8 Å². The third kappa shape index (κ3) is 5.62. The first-order valence-corrected chi connectivity index (χ1v) is 10.7. The number of rotatable bonds is 8. The average molecular weight is 450 g/mol. The molecule has 4 rings (SSSR count). The fourth-order valence-electron chi connectivity index (χ4n) is 3.87. The van der Waals surface area contributed by atoms with E-state index in [2.05, 4.69) is 5.32 Å². The zero-order valence-electron chi connectivity index (χ0n) is 18.0. The van der Waals surface area contributed by atoms with Gasteiger partial charge in [0, 0.05) is 25.6 Å². The Morgan fingerprint density at radius 3 is 2.45 bits per heavy atom. The summed E-state index contributed by atoms with van der Waals surface area (Å²) in [4.78, 5) is 26.3. The quantitative estimate of drug-likeness (QED) is 0.555. The molecule has 0 bridgehead atoms. The van der Waals surface area contributed by atoms with E-state index in [1.165, 1.54) is 11.0 Å². The Kier molecular flexibility index (Phi) is 7.10. The lowest BCUT2D eigenvalue weighted by Crippen LogP contribution is -2.33. The van der Waals surface area contributed by atoms with E-state index in [0.29, 0.717) is 19.8 Å². The second-order valence-corrected chi connectivity index (χ2v) is 7.97. The van der Waals surface area contributed by atoms with E-state index < -0.39 is 17.6 Å². The highest BCUT2D eigenvalue weighted by molar-refractivity contribution is 6.00. The number of hydrogen-bond acceptors (Lipinski definition) is 3. The molecule has 0 aromatic heterocycles. The van der Waals surface area contributed by atoms with Gasteiger partial charge in [-0.3, -0.25) is 9.59 Å². The van der Waals surface area contributed by atoms with Gasteiger partial charge in [-0.25, -0.2) is 8.78 Å². The predicted octanol–water partition coefficient (Wildman–Crippen LogP) is 4.35. The number of amides is 2. The standard InChI is InChI=1S/C26H24F2N2O3/c27-22-10-11-24(23(28)13-22)30-15-21(12-25(30)31)26(32)29-14-19-8-4-5-9-20(19)17-33-16-18-6-2-1-3-7-18/h1-11,13,21H,12,14-17H2,(H,29,32). The molecule has 1 aliphatic rings. The van der Waals surface area contributed by atoms with E-state index in [1.807, 2.05) is 54.6 Å². The van der Waals surface area contributed by atoms with Crippen LogP contribution >= 0.6 is 0 Å². The summed E-state index contributed by atoms with van der Waals surface area (Å²) in [6.45, 7) is 1.23. The monoisotopic (exact) mass is 450 g/mol. The summed E-state index contributed by atoms with van der Waals surface area (Å²) in [7, 11) is 0. The number of benzene rings is 3. The first-order chi connectivity index (χ1) is 16.0. The number of nitrogens with zero attached hydrogens (tertiary/aromatic N) is 1. The van der Waals surface area contributed by atoms with Crippen molar-refractivity contribution in [2.45, 2.75) is 26.2 Å². The summed E-state index contributed by atoms with van der Waals surface area (Å²) in [5, 5.41) is 2.88. The molecule has 1 fully saturated rings. The predicted molar refractivity (Wildman–Crippen MR) is 120 cm³/mol. The second-order valence-electron chi connectivity index (χ2n) is 7.97. The highest BCUT2D eigenvalue weighted by Gasteiger charge is 2.36. The summed E-state index contributed by atoms with van der Waals surface area (Å²) < 4.78 is 33.1. The molecule has 2 amide bonds. The van der Waals surface area contributed by atoms with Gasteiger partial charge in [-0.2, -0.15) is 0 Å². The van der Waals surface area contributed by atoms with Crippen LogP contribution in [0.5, 0.6) is 0 Å². The van der Waals surface area contributed by atoms with Crippen molar-refractivity contribution in [2.24, 2.45) is 5.92 Å². The van der Waals surface area contributed by atoms with Crippen LogP contribution in [0.25, 0.3) is 0 Å². The van der Waals surface area contributed by atoms with Gasteiger partial charge in [-0.1, -0.05) is 54.6 Å². The first kappa shape index (κ1) is 22.6. The van der Waals surface area contributed by atoms with Crippen LogP contribution in [0.2, 0.25) is 0 Å². The van der Waals surface area contributed by atoms with Crippen molar-refractivity contribution in [3.8, 4) is 0 Å². The molecule has 1 atom stereocenters. The molecular formula is C26H24F2N2O3. The van der Waals surface area contributed by atoms with Gasteiger partial charge < -0.3 is 15.0 Å². The van der Waals surface area contributed by atoms with Crippen molar-refractivity contribution in [1.29, 1.82) is 0 Å². The van der Waals surface area contributed by atoms with Crippen LogP contribution in [0, 0.1) is 17.6 Å². The van der Waals surface area contributed by atoms with E-state index in [-0.39, 0.29) is 30.5 Å². The van der Waals surface area contributed by atoms with Gasteiger partial charge in [-0.05, 0) is 28.8 Å². The normalized spacial score (nSPS) is 15.6. The number of carbonyl (C=O) groups is 2. The molecule has 7 heteroatoms. The van der Waals surface area contributed by atoms with Gasteiger partial charge >= 0.3 is 0 Å². The Hall–Kier alpha value is -3.58. The molecule has 1 saturated heterocycles. The molecule has 1 unspecified atom stereocenters. The Morgan fingerprint density at radius 1 is 0.970 bits per heavy atom. The first-order valence-electron chi connectivity index (χ1n) is 10.7. The minimum absolute atomic E-state index is 0.0161. The van der Waals surface area contributed by atoms with Crippen LogP contribution in [0.3, 0.4) is 0 Å². The zero-order chi connectivity index (χ0) is 23.2. The number of halogens is 2. The average Bonchev–Trinajstić information content (AvgIpc) is 3.20. The second kappa shape index (κ2) is 10.4. The molecule has 1 N–H and O–H groups in total. The Labute approximate surface area is 191 Å². The number of anilines is 1. The van der Waals surface area contributed by atoms with E-state index in [4.69, 9.17) is 4.74 Å². The Bertz CT molecular complexity index is 1140. The fraction of sp³-hybridized carbons (Fsp3) is 0.231. The van der Waals surface area contributed by atoms with Crippen molar-refractivity contribution in [1.82, 2.24) is 5.32 Å². The molecular weight excluding hydrogens is 426 g/mol. The number of carbonyl (C=O) groups excluding carboxylic acids is 2. The van der Waals surface area contributed by atoms with Crippen LogP contribution in [0.4, 0.5) is 14.5 Å². The molecule has 33 heavy (non-hydrogen) atoms. The Morgan fingerprint density at radius 2 is 1.70 bits per heavy atom. The third-order valence-electron chi connectivity index (χ3n) is 5.64. The van der Waals surface area contributed by atoms with Crippen LogP contribution < -0.4 is 10.2 Å². The van der Waals surface area contributed by atoms with Crippen LogP contribution in [0.15, 0.2) is 72.8 Å². The molecule has 5 nitrogen and oxygen atoms in total. The van der Waals surface area contributed by atoms with E-state index >= 15 is 0 Å². The third-order valence-corrected chi connectivity index (χ3v) is 5.64. The van der Waals surface area contributed by atoms with Crippen molar-refractivity contribution in [2.75, 3.05) is 11.4 Å². The fourth-order valence-corrected chi connectivity index (χ4v) is 3.87. The van der Waals surface area contributed by atoms with Gasteiger partial charge in [0.15, 0.2) is 0 Å². The lowest BCUT2D eigenvalue weighted by atomic mass is 10.1. The maximum absolute atomic E-state index is 14.1. The Balaban J connectivity index is 1.33. The van der Waals surface area contributed by atoms with Crippen molar-refractivity contribution in [3.63, 3.8) is 0 Å². The highest BCUT2D eigenvalue weighted by Crippen LogP contribution is 2.28. The van der Waals surface area contributed by atoms with Crippen molar-refractivity contribution in [3.05, 3.63) is 101 Å². The maximum atomic E-state index is 14.1. The SMILES string of the molecule is O=C(NCc1ccccc1COCc1ccccc1)C1CC(=O)N(c2ccc(F)cc2F)C1. The minimum Gasteiger partial charge on any atom is -0.372 e. The minimum atomic E-state index is -0.825.